The molecule has 0 bridgehead atoms. The van der Waals surface area contributed by atoms with Crippen molar-refractivity contribution in [1.29, 1.82) is 0 Å². The van der Waals surface area contributed by atoms with Crippen LogP contribution >= 0.6 is 0 Å². The molecule has 1 heterocycles. The molecule has 0 amide bonds. The average molecular weight is 158 g/mol. The number of H-pyrrole nitrogens is 1. The molecule has 0 aliphatic rings. The molecule has 1 aromatic rings. The minimum absolute atomic E-state index is 0.0174. The first kappa shape index (κ1) is 9.64. The van der Waals surface area contributed by atoms with Gasteiger partial charge in [-0.25, -0.2) is 4.98 Å². The lowest BCUT2D eigenvalue weighted by atomic mass is 10.5. The lowest BCUT2D eigenvalue weighted by Crippen LogP contribution is -1.77. The summed E-state index contributed by atoms with van der Waals surface area (Å²) in [5, 5.41) is 8.34. The van der Waals surface area contributed by atoms with Crippen molar-refractivity contribution in [2.24, 2.45) is 0 Å². The lowest BCUT2D eigenvalue weighted by Gasteiger charge is -1.77. The number of hydrogen-bond acceptors (Lipinski definition) is 4. The van der Waals surface area contributed by atoms with Crippen LogP contribution in [0.1, 0.15) is 5.69 Å². The topological polar surface area (TPSA) is 75.2 Å². The highest BCUT2D eigenvalue weighted by Crippen LogP contribution is 1.86. The largest absolute Gasteiger partial charge is 0.471 e. The van der Waals surface area contributed by atoms with E-state index in [1.54, 1.807) is 6.20 Å². The molecule has 0 fully saturated rings. The van der Waals surface area contributed by atoms with E-state index in [4.69, 9.17) is 9.90 Å². The molecule has 1 aromatic heterocycles. The predicted octanol–water partition coefficient (Wildman–Crippen LogP) is -0.309. The molecule has 1 rings (SSSR count). The highest BCUT2D eigenvalue weighted by atomic mass is 16.5. The van der Waals surface area contributed by atoms with Gasteiger partial charge >= 0.3 is 0 Å². The van der Waals surface area contributed by atoms with Crippen molar-refractivity contribution in [2.45, 2.75) is 6.61 Å². The van der Waals surface area contributed by atoms with Crippen LogP contribution in [0.15, 0.2) is 12.5 Å². The molecule has 0 radical (unpaired) electrons. The molecule has 2 N–H and O–H groups in total. The number of aliphatic hydroxyl groups excluding tert-OH is 1. The maximum atomic E-state index is 8.95. The van der Waals surface area contributed by atoms with E-state index in [0.29, 0.717) is 12.2 Å². The second-order valence-electron chi connectivity index (χ2n) is 1.55. The summed E-state index contributed by atoms with van der Waals surface area (Å²) in [6, 6.07) is 0. The zero-order valence-corrected chi connectivity index (χ0v) is 6.15. The van der Waals surface area contributed by atoms with Gasteiger partial charge < -0.3 is 14.8 Å². The van der Waals surface area contributed by atoms with Crippen molar-refractivity contribution in [2.75, 3.05) is 7.11 Å². The van der Waals surface area contributed by atoms with Crippen LogP contribution in [0.5, 0.6) is 0 Å². The second kappa shape index (κ2) is 6.76. The molecule has 0 aromatic carbocycles. The number of aliphatic hydroxyl groups is 1. The van der Waals surface area contributed by atoms with E-state index in [1.807, 2.05) is 0 Å². The van der Waals surface area contributed by atoms with Gasteiger partial charge in [0.2, 0.25) is 0 Å². The van der Waals surface area contributed by atoms with Crippen molar-refractivity contribution < 1.29 is 14.6 Å². The van der Waals surface area contributed by atoms with Gasteiger partial charge in [0.05, 0.1) is 25.7 Å². The Bertz CT molecular complexity index is 174. The number of imidazole rings is 1. The van der Waals surface area contributed by atoms with E-state index in [-0.39, 0.29) is 6.61 Å². The van der Waals surface area contributed by atoms with E-state index in [2.05, 4.69) is 14.7 Å². The Balaban J connectivity index is 0.000000218. The van der Waals surface area contributed by atoms with Gasteiger partial charge in [-0.05, 0) is 0 Å². The fraction of sp³-hybridized carbons (Fsp3) is 0.333. The number of nitrogens with one attached hydrogen (secondary N) is 1. The summed E-state index contributed by atoms with van der Waals surface area (Å²) in [5.41, 5.74) is 0.681. The first-order chi connectivity index (χ1) is 5.35. The molecule has 62 valence electrons. The zero-order chi connectivity index (χ0) is 8.53. The minimum atomic E-state index is 0.0174. The highest BCUT2D eigenvalue weighted by molar-refractivity contribution is 5.36. The molecule has 0 aliphatic heterocycles. The first-order valence-corrected chi connectivity index (χ1v) is 2.90. The number of aromatic nitrogens is 2. The maximum Gasteiger partial charge on any atom is 0.292 e. The van der Waals surface area contributed by atoms with Crippen LogP contribution in [0, 0.1) is 0 Å². The van der Waals surface area contributed by atoms with Crippen molar-refractivity contribution in [1.82, 2.24) is 9.97 Å². The zero-order valence-electron chi connectivity index (χ0n) is 6.15. The summed E-state index contributed by atoms with van der Waals surface area (Å²) < 4.78 is 3.86. The third-order valence-corrected chi connectivity index (χ3v) is 0.813. The van der Waals surface area contributed by atoms with Gasteiger partial charge in [-0.3, -0.25) is 4.79 Å². The summed E-state index contributed by atoms with van der Waals surface area (Å²) in [6.45, 7) is 0.392. The van der Waals surface area contributed by atoms with E-state index < -0.39 is 0 Å². The molecular formula is C6H10N2O3. The number of ether oxygens (including phenoxy) is 1. The molecule has 0 saturated heterocycles. The first-order valence-electron chi connectivity index (χ1n) is 2.90. The highest BCUT2D eigenvalue weighted by Gasteiger charge is 1.84. The Labute approximate surface area is 64.0 Å². The standard InChI is InChI=1S/C4H6N2O.C2H4O2/c7-2-4-1-5-3-6-4;1-4-2-3/h1,3,7H,2H2,(H,5,6);2H,1H3. The number of methoxy groups -OCH3 is 1. The Hall–Kier alpha value is -1.36. The van der Waals surface area contributed by atoms with Crippen LogP contribution in [0.3, 0.4) is 0 Å². The Morgan fingerprint density at radius 1 is 1.91 bits per heavy atom. The Kier molecular flexibility index (Phi) is 5.92. The number of rotatable bonds is 2. The van der Waals surface area contributed by atoms with E-state index in [9.17, 15) is 0 Å². The fourth-order valence-corrected chi connectivity index (χ4v) is 0.377. The van der Waals surface area contributed by atoms with E-state index in [0.717, 1.165) is 0 Å². The van der Waals surface area contributed by atoms with Crippen LogP contribution in [-0.4, -0.2) is 28.7 Å². The van der Waals surface area contributed by atoms with Crippen molar-refractivity contribution in [3.63, 3.8) is 0 Å². The number of nitrogens with zero attached hydrogens (tertiary/aromatic N) is 1. The van der Waals surface area contributed by atoms with Crippen LogP contribution in [0.2, 0.25) is 0 Å². The number of carbonyl (C=O) groups excluding carboxylic acids is 1. The molecule has 0 unspecified atom stereocenters. The van der Waals surface area contributed by atoms with Crippen LogP contribution in [0.25, 0.3) is 0 Å². The van der Waals surface area contributed by atoms with E-state index in [1.165, 1.54) is 13.4 Å². The Morgan fingerprint density at radius 3 is 2.73 bits per heavy atom. The monoisotopic (exact) mass is 158 g/mol. The SMILES string of the molecule is COC=O.OCc1c[nH]cn1. The molecule has 0 saturated carbocycles. The van der Waals surface area contributed by atoms with Crippen LogP contribution in [0.4, 0.5) is 0 Å². The minimum Gasteiger partial charge on any atom is -0.471 e. The van der Waals surface area contributed by atoms with Crippen LogP contribution < -0.4 is 0 Å². The molecule has 0 spiro atoms. The molecule has 5 nitrogen and oxygen atoms in total. The van der Waals surface area contributed by atoms with Crippen molar-refractivity contribution >= 4 is 6.47 Å². The normalized spacial score (nSPS) is 7.82. The molecule has 0 atom stereocenters. The Morgan fingerprint density at radius 2 is 2.55 bits per heavy atom. The average Bonchev–Trinajstić information content (AvgIpc) is 2.56. The number of aromatic amines is 1. The van der Waals surface area contributed by atoms with Gasteiger partial charge in [-0.2, -0.15) is 0 Å². The quantitative estimate of drug-likeness (QED) is 0.579. The van der Waals surface area contributed by atoms with Crippen molar-refractivity contribution in [3.05, 3.63) is 18.2 Å². The molecule has 0 aliphatic carbocycles. The summed E-state index contributed by atoms with van der Waals surface area (Å²) in [5.74, 6) is 0. The summed E-state index contributed by atoms with van der Waals surface area (Å²) in [6.07, 6.45) is 3.19. The second-order valence-corrected chi connectivity index (χ2v) is 1.55. The van der Waals surface area contributed by atoms with E-state index >= 15 is 0 Å². The van der Waals surface area contributed by atoms with Crippen LogP contribution in [-0.2, 0) is 16.1 Å². The number of carbonyl (C=O) groups is 1. The van der Waals surface area contributed by atoms with Gasteiger partial charge in [0.1, 0.15) is 0 Å². The summed E-state index contributed by atoms with van der Waals surface area (Å²) >= 11 is 0. The maximum absolute atomic E-state index is 8.95. The summed E-state index contributed by atoms with van der Waals surface area (Å²) in [4.78, 5) is 15.4. The summed E-state index contributed by atoms with van der Waals surface area (Å²) in [7, 11) is 1.31. The van der Waals surface area contributed by atoms with Gasteiger partial charge in [-0.15, -0.1) is 0 Å². The van der Waals surface area contributed by atoms with Gasteiger partial charge in [0.15, 0.2) is 0 Å². The van der Waals surface area contributed by atoms with Gasteiger partial charge in [0, 0.05) is 6.20 Å². The fourth-order valence-electron chi connectivity index (χ4n) is 0.377. The molecule has 11 heavy (non-hydrogen) atoms. The van der Waals surface area contributed by atoms with Gasteiger partial charge in [0.25, 0.3) is 6.47 Å². The third-order valence-electron chi connectivity index (χ3n) is 0.813. The van der Waals surface area contributed by atoms with Crippen molar-refractivity contribution in [3.8, 4) is 0 Å². The predicted molar refractivity (Wildman–Crippen MR) is 37.6 cm³/mol. The lowest BCUT2D eigenvalue weighted by molar-refractivity contribution is -0.126. The molecule has 5 heteroatoms. The number of hydrogen-bond donors (Lipinski definition) is 2. The smallest absolute Gasteiger partial charge is 0.292 e. The van der Waals surface area contributed by atoms with Gasteiger partial charge in [-0.1, -0.05) is 0 Å². The molecular weight excluding hydrogens is 148 g/mol. The third kappa shape index (κ3) is 5.10.